The van der Waals surface area contributed by atoms with Gasteiger partial charge in [0.25, 0.3) is 0 Å². The fraction of sp³-hybridized carbons (Fsp3) is 0.400. The number of fused-ring (bicyclic) bond motifs is 3. The number of nitrogens with zero attached hydrogens (tertiary/aromatic N) is 6. The molecule has 10 heteroatoms. The second kappa shape index (κ2) is 10.3. The summed E-state index contributed by atoms with van der Waals surface area (Å²) in [5.41, 5.74) is 6.67. The van der Waals surface area contributed by atoms with Gasteiger partial charge in [-0.2, -0.15) is 5.10 Å². The van der Waals surface area contributed by atoms with Gasteiger partial charge < -0.3 is 9.88 Å². The Hall–Kier alpha value is -3.79. The van der Waals surface area contributed by atoms with Gasteiger partial charge in [-0.3, -0.25) is 18.6 Å². The number of aryl methyl sites for hydroxylation is 2. The summed E-state index contributed by atoms with van der Waals surface area (Å²) >= 11 is 1.70. The number of amides is 1. The number of nitrogens with one attached hydrogen (secondary N) is 1. The lowest BCUT2D eigenvalue weighted by Crippen LogP contribution is -2.38. The highest BCUT2D eigenvalue weighted by molar-refractivity contribution is 7.98. The normalized spacial score (nSPS) is 14.7. The van der Waals surface area contributed by atoms with Crippen LogP contribution in [0.1, 0.15) is 49.8 Å². The number of carbonyl (C=O) groups excluding carboxylic acids is 1. The van der Waals surface area contributed by atoms with E-state index in [1.807, 2.05) is 49.8 Å². The van der Waals surface area contributed by atoms with Crippen molar-refractivity contribution in [1.82, 2.24) is 33.8 Å². The van der Waals surface area contributed by atoms with E-state index in [1.54, 1.807) is 27.2 Å². The number of pyridine rings is 1. The van der Waals surface area contributed by atoms with Gasteiger partial charge in [-0.25, -0.2) is 9.78 Å². The molecule has 0 bridgehead atoms. The van der Waals surface area contributed by atoms with E-state index in [9.17, 15) is 9.59 Å². The molecule has 1 amide bonds. The average molecular weight is 558 g/mol. The van der Waals surface area contributed by atoms with Crippen LogP contribution in [-0.4, -0.2) is 59.0 Å². The Bertz CT molecular complexity index is 1770. The summed E-state index contributed by atoms with van der Waals surface area (Å²) in [6, 6.07) is 8.25. The lowest BCUT2D eigenvalue weighted by molar-refractivity contribution is -0.131. The maximum Gasteiger partial charge on any atom is 0.329 e. The standard InChI is InChI=1S/C30H35N7O2S/c1-18(2)37-28-23(35(4)30(37)39)16-31-29-26(28)25(27(33-29)21-15-32-34(3)17-21)20-10-12-36(13-11-20)24(38)14-19-6-8-22(40-5)9-7-19/h6-9,15-18,20H,10-14H2,1-5H3,(H,31,33). The monoisotopic (exact) mass is 557 g/mol. The largest absolute Gasteiger partial charge is 0.342 e. The summed E-state index contributed by atoms with van der Waals surface area (Å²) in [4.78, 5) is 38.0. The number of hydrogen-bond acceptors (Lipinski definition) is 5. The summed E-state index contributed by atoms with van der Waals surface area (Å²) in [6.07, 6.45) is 9.82. The number of rotatable bonds is 6. The number of benzene rings is 1. The fourth-order valence-electron chi connectivity index (χ4n) is 6.11. The van der Waals surface area contributed by atoms with Crippen molar-refractivity contribution in [3.8, 4) is 11.3 Å². The Kier molecular flexibility index (Phi) is 6.82. The lowest BCUT2D eigenvalue weighted by Gasteiger charge is -2.32. The number of aromatic nitrogens is 6. The first-order valence-corrected chi connectivity index (χ1v) is 15.0. The van der Waals surface area contributed by atoms with Crippen LogP contribution in [0.2, 0.25) is 0 Å². The van der Waals surface area contributed by atoms with Crippen LogP contribution < -0.4 is 5.69 Å². The number of likely N-dealkylation sites (tertiary alicyclic amines) is 1. The van der Waals surface area contributed by atoms with Crippen LogP contribution >= 0.6 is 11.8 Å². The van der Waals surface area contributed by atoms with Crippen LogP contribution in [0.25, 0.3) is 33.3 Å². The summed E-state index contributed by atoms with van der Waals surface area (Å²) in [6.45, 7) is 5.47. The van der Waals surface area contributed by atoms with E-state index in [0.29, 0.717) is 19.5 Å². The summed E-state index contributed by atoms with van der Waals surface area (Å²) in [5.74, 6) is 0.375. The summed E-state index contributed by atoms with van der Waals surface area (Å²) in [7, 11) is 3.72. The third-order valence-electron chi connectivity index (χ3n) is 8.19. The Morgan fingerprint density at radius 1 is 1.12 bits per heavy atom. The summed E-state index contributed by atoms with van der Waals surface area (Å²) in [5, 5.41) is 5.43. The Balaban J connectivity index is 1.38. The van der Waals surface area contributed by atoms with E-state index in [-0.39, 0.29) is 23.6 Å². The lowest BCUT2D eigenvalue weighted by atomic mass is 9.86. The molecule has 1 N–H and O–H groups in total. The van der Waals surface area contributed by atoms with Crippen LogP contribution in [0.5, 0.6) is 0 Å². The Morgan fingerprint density at radius 2 is 1.85 bits per heavy atom. The third-order valence-corrected chi connectivity index (χ3v) is 8.93. The molecule has 1 aromatic carbocycles. The van der Waals surface area contributed by atoms with E-state index >= 15 is 0 Å². The minimum Gasteiger partial charge on any atom is -0.342 e. The van der Waals surface area contributed by atoms with Gasteiger partial charge in [0.2, 0.25) is 5.91 Å². The van der Waals surface area contributed by atoms with Crippen molar-refractivity contribution in [2.24, 2.45) is 14.1 Å². The molecule has 0 aliphatic carbocycles. The molecule has 1 aliphatic heterocycles. The molecule has 0 atom stereocenters. The van der Waals surface area contributed by atoms with Gasteiger partial charge in [-0.05, 0) is 62.1 Å². The number of imidazole rings is 1. The second-order valence-corrected chi connectivity index (χ2v) is 11.9. The first-order valence-electron chi connectivity index (χ1n) is 13.8. The first kappa shape index (κ1) is 26.4. The van der Waals surface area contributed by atoms with Crippen molar-refractivity contribution in [2.75, 3.05) is 19.3 Å². The molecule has 40 heavy (non-hydrogen) atoms. The number of hydrogen-bond donors (Lipinski definition) is 1. The van der Waals surface area contributed by atoms with E-state index in [2.05, 4.69) is 40.6 Å². The highest BCUT2D eigenvalue weighted by atomic mass is 32.2. The zero-order chi connectivity index (χ0) is 28.1. The number of carbonyl (C=O) groups is 1. The number of H-pyrrole nitrogens is 1. The molecule has 0 saturated carbocycles. The van der Waals surface area contributed by atoms with Gasteiger partial charge in [0.05, 0.1) is 35.5 Å². The summed E-state index contributed by atoms with van der Waals surface area (Å²) < 4.78 is 5.37. The van der Waals surface area contributed by atoms with E-state index in [0.717, 1.165) is 51.7 Å². The minimum atomic E-state index is -0.0413. The molecule has 208 valence electrons. The maximum absolute atomic E-state index is 13.3. The SMILES string of the molecule is CSc1ccc(CC(=O)N2CCC(c3c(-c4cnn(C)c4)[nH]c4ncc5c(c34)n(C(C)C)c(=O)n5C)CC2)cc1. The fourth-order valence-corrected chi connectivity index (χ4v) is 6.52. The zero-order valence-electron chi connectivity index (χ0n) is 23.6. The first-order chi connectivity index (χ1) is 19.3. The van der Waals surface area contributed by atoms with Gasteiger partial charge in [0, 0.05) is 55.3 Å². The Labute approximate surface area is 237 Å². The van der Waals surface area contributed by atoms with Crippen molar-refractivity contribution in [3.63, 3.8) is 0 Å². The van der Waals surface area contributed by atoms with Crippen LogP contribution in [0.4, 0.5) is 0 Å². The van der Waals surface area contributed by atoms with Gasteiger partial charge >= 0.3 is 5.69 Å². The number of aromatic amines is 1. The molecule has 0 spiro atoms. The van der Waals surface area contributed by atoms with E-state index in [1.165, 1.54) is 10.5 Å². The molecule has 1 aliphatic rings. The zero-order valence-corrected chi connectivity index (χ0v) is 24.5. The molecule has 0 radical (unpaired) electrons. The predicted molar refractivity (Wildman–Crippen MR) is 160 cm³/mol. The van der Waals surface area contributed by atoms with Gasteiger partial charge in [0.15, 0.2) is 0 Å². The molecular weight excluding hydrogens is 522 g/mol. The Morgan fingerprint density at radius 3 is 2.48 bits per heavy atom. The van der Waals surface area contributed by atoms with Crippen molar-refractivity contribution in [3.05, 3.63) is 64.5 Å². The molecular formula is C30H35N7O2S. The van der Waals surface area contributed by atoms with Gasteiger partial charge in [0.1, 0.15) is 5.65 Å². The third kappa shape index (κ3) is 4.44. The van der Waals surface area contributed by atoms with Crippen molar-refractivity contribution >= 4 is 39.7 Å². The highest BCUT2D eigenvalue weighted by Crippen LogP contribution is 2.42. The number of thioether (sulfide) groups is 1. The van der Waals surface area contributed by atoms with Gasteiger partial charge in [-0.15, -0.1) is 11.8 Å². The second-order valence-electron chi connectivity index (χ2n) is 11.0. The predicted octanol–water partition coefficient (Wildman–Crippen LogP) is 4.87. The van der Waals surface area contributed by atoms with Crippen molar-refractivity contribution in [1.29, 1.82) is 0 Å². The molecule has 1 saturated heterocycles. The van der Waals surface area contributed by atoms with Crippen molar-refractivity contribution in [2.45, 2.75) is 50.0 Å². The topological polar surface area (TPSA) is 93.7 Å². The van der Waals surface area contributed by atoms with Gasteiger partial charge in [-0.1, -0.05) is 12.1 Å². The maximum atomic E-state index is 13.3. The van der Waals surface area contributed by atoms with Crippen LogP contribution in [-0.2, 0) is 25.3 Å². The smallest absolute Gasteiger partial charge is 0.329 e. The molecule has 1 fully saturated rings. The molecule has 5 aromatic rings. The van der Waals surface area contributed by atoms with E-state index in [4.69, 9.17) is 4.98 Å². The molecule has 6 rings (SSSR count). The minimum absolute atomic E-state index is 0.00385. The average Bonchev–Trinajstić information content (AvgIpc) is 3.63. The van der Waals surface area contributed by atoms with Crippen molar-refractivity contribution < 1.29 is 4.79 Å². The molecule has 9 nitrogen and oxygen atoms in total. The van der Waals surface area contributed by atoms with E-state index < -0.39 is 0 Å². The highest BCUT2D eigenvalue weighted by Gasteiger charge is 2.31. The molecule has 0 unspecified atom stereocenters. The number of piperidine rings is 1. The van der Waals surface area contributed by atoms with Crippen LogP contribution in [0.3, 0.4) is 0 Å². The van der Waals surface area contributed by atoms with Crippen LogP contribution in [0.15, 0.2) is 52.5 Å². The van der Waals surface area contributed by atoms with Crippen LogP contribution in [0, 0.1) is 0 Å². The molecule has 5 heterocycles. The molecule has 4 aromatic heterocycles. The quantitative estimate of drug-likeness (QED) is 0.301.